The van der Waals surface area contributed by atoms with Crippen molar-refractivity contribution >= 4 is 17.6 Å². The number of rotatable bonds is 7. The van der Waals surface area contributed by atoms with Gasteiger partial charge in [-0.05, 0) is 94.9 Å². The number of aryl methyl sites for hydroxylation is 1. The van der Waals surface area contributed by atoms with Gasteiger partial charge in [0, 0.05) is 48.1 Å². The zero-order chi connectivity index (χ0) is 28.1. The lowest BCUT2D eigenvalue weighted by atomic mass is 9.87. The van der Waals surface area contributed by atoms with Crippen molar-refractivity contribution < 1.29 is 0 Å². The molecule has 2 atom stereocenters. The van der Waals surface area contributed by atoms with E-state index in [-0.39, 0.29) is 10.8 Å². The summed E-state index contributed by atoms with van der Waals surface area (Å²) >= 11 is 1.76. The second kappa shape index (κ2) is 12.4. The molecule has 0 bridgehead atoms. The standard InChI is InChI=1S/C14H18N2S.C11H16N2.C7H13N/c1-5-15-9-13-7-6-12(8-10(13)2)14-11(3)16(14)17-4;1-8-10(2,3)6-9(13-8)11(7-12)4-5-11;1-3-8-6-4-5-7(8)2/h5-8,15H,1,9H2,2-4H3;6,8,13H,4-5H2,1-3H3;3,7H,1,4-6H2,2H3. The third kappa shape index (κ3) is 6.80. The van der Waals surface area contributed by atoms with Crippen LogP contribution in [0.5, 0.6) is 0 Å². The van der Waals surface area contributed by atoms with Crippen LogP contribution in [0.1, 0.15) is 77.0 Å². The molecule has 3 aliphatic heterocycles. The van der Waals surface area contributed by atoms with Crippen LogP contribution < -0.4 is 10.6 Å². The highest BCUT2D eigenvalue weighted by molar-refractivity contribution is 7.97. The van der Waals surface area contributed by atoms with Crippen LogP contribution in [0.2, 0.25) is 0 Å². The van der Waals surface area contributed by atoms with Gasteiger partial charge in [-0.2, -0.15) is 5.26 Å². The number of hydrogen-bond donors (Lipinski definition) is 2. The Hall–Kier alpha value is -2.78. The van der Waals surface area contributed by atoms with E-state index in [9.17, 15) is 0 Å². The van der Waals surface area contributed by atoms with E-state index in [1.54, 1.807) is 18.1 Å². The second-order valence-corrected chi connectivity index (χ2v) is 12.2. The average Bonchev–Trinajstić information content (AvgIpc) is 3.75. The Morgan fingerprint density at radius 3 is 2.34 bits per heavy atom. The van der Waals surface area contributed by atoms with Crippen LogP contribution in [-0.4, -0.2) is 34.1 Å². The molecule has 1 aliphatic carbocycles. The predicted molar refractivity (Wildman–Crippen MR) is 164 cm³/mol. The molecule has 1 saturated carbocycles. The minimum absolute atomic E-state index is 0.137. The Labute approximate surface area is 235 Å². The van der Waals surface area contributed by atoms with Crippen molar-refractivity contribution in [3.05, 3.63) is 77.9 Å². The fraction of sp³-hybridized carbons (Fsp3) is 0.531. The molecule has 0 radical (unpaired) electrons. The van der Waals surface area contributed by atoms with E-state index >= 15 is 0 Å². The number of hydrogen-bond acceptors (Lipinski definition) is 6. The predicted octanol–water partition coefficient (Wildman–Crippen LogP) is 7.32. The molecule has 0 spiro atoms. The molecule has 4 aliphatic rings. The highest BCUT2D eigenvalue weighted by Crippen LogP contribution is 2.53. The molecule has 1 aromatic carbocycles. The zero-order valence-corrected chi connectivity index (χ0v) is 25.3. The minimum Gasteiger partial charge on any atom is -0.387 e. The quantitative estimate of drug-likeness (QED) is 0.358. The molecular formula is C32H47N5S. The minimum atomic E-state index is -0.137. The van der Waals surface area contributed by atoms with Gasteiger partial charge in [-0.1, -0.05) is 45.2 Å². The smallest absolute Gasteiger partial charge is 0.0966 e. The Balaban J connectivity index is 0.000000168. The number of benzene rings is 1. The summed E-state index contributed by atoms with van der Waals surface area (Å²) in [6.07, 6.45) is 12.8. The number of nitrogens with zero attached hydrogens (tertiary/aromatic N) is 3. The van der Waals surface area contributed by atoms with Crippen LogP contribution in [0.25, 0.3) is 5.70 Å². The lowest BCUT2D eigenvalue weighted by Crippen LogP contribution is -2.31. The highest BCUT2D eigenvalue weighted by atomic mass is 32.2. The van der Waals surface area contributed by atoms with Crippen LogP contribution in [-0.2, 0) is 6.54 Å². The van der Waals surface area contributed by atoms with Crippen molar-refractivity contribution in [1.82, 2.24) is 19.8 Å². The molecule has 5 nitrogen and oxygen atoms in total. The van der Waals surface area contributed by atoms with Gasteiger partial charge in [0.2, 0.25) is 0 Å². The van der Waals surface area contributed by atoms with Crippen LogP contribution in [0.4, 0.5) is 0 Å². The molecule has 2 unspecified atom stereocenters. The summed E-state index contributed by atoms with van der Waals surface area (Å²) in [6, 6.07) is 10.3. The summed E-state index contributed by atoms with van der Waals surface area (Å²) in [5.41, 5.74) is 7.93. The van der Waals surface area contributed by atoms with Gasteiger partial charge < -0.3 is 15.5 Å². The normalized spacial score (nSPS) is 23.6. The van der Waals surface area contributed by atoms with Gasteiger partial charge in [-0.3, -0.25) is 4.31 Å². The lowest BCUT2D eigenvalue weighted by Gasteiger charge is -2.22. The maximum atomic E-state index is 9.04. The molecule has 1 saturated heterocycles. The summed E-state index contributed by atoms with van der Waals surface area (Å²) in [4.78, 5) is 2.29. The molecule has 206 valence electrons. The maximum Gasteiger partial charge on any atom is 0.0966 e. The first-order valence-corrected chi connectivity index (χ1v) is 15.0. The summed E-state index contributed by atoms with van der Waals surface area (Å²) in [5.74, 6) is 0. The number of nitriles is 1. The summed E-state index contributed by atoms with van der Waals surface area (Å²) < 4.78 is 2.26. The molecule has 5 rings (SSSR count). The number of likely N-dealkylation sites (tertiary alicyclic amines) is 1. The molecule has 0 aromatic heterocycles. The Morgan fingerprint density at radius 1 is 1.24 bits per heavy atom. The molecule has 1 aromatic rings. The fourth-order valence-electron chi connectivity index (χ4n) is 5.03. The van der Waals surface area contributed by atoms with Crippen molar-refractivity contribution in [2.75, 3.05) is 12.8 Å². The fourth-order valence-corrected chi connectivity index (χ4v) is 5.77. The van der Waals surface area contributed by atoms with Crippen LogP contribution in [0, 0.1) is 29.1 Å². The van der Waals surface area contributed by atoms with Crippen molar-refractivity contribution in [2.24, 2.45) is 10.8 Å². The maximum absolute atomic E-state index is 9.04. The van der Waals surface area contributed by atoms with Crippen LogP contribution >= 0.6 is 11.9 Å². The zero-order valence-electron chi connectivity index (χ0n) is 24.5. The first-order chi connectivity index (χ1) is 18.0. The Bertz CT molecular complexity index is 1120. The van der Waals surface area contributed by atoms with Crippen LogP contribution in [0.3, 0.4) is 0 Å². The van der Waals surface area contributed by atoms with Gasteiger partial charge in [0.05, 0.1) is 22.9 Å². The monoisotopic (exact) mass is 533 g/mol. The van der Waals surface area contributed by atoms with E-state index in [4.69, 9.17) is 5.26 Å². The second-order valence-electron chi connectivity index (χ2n) is 11.5. The van der Waals surface area contributed by atoms with Crippen molar-refractivity contribution in [3.8, 4) is 6.07 Å². The Morgan fingerprint density at radius 2 is 1.95 bits per heavy atom. The van der Waals surface area contributed by atoms with E-state index in [0.29, 0.717) is 6.04 Å². The van der Waals surface area contributed by atoms with Crippen molar-refractivity contribution in [2.45, 2.75) is 85.9 Å². The molecule has 38 heavy (non-hydrogen) atoms. The highest BCUT2D eigenvalue weighted by Gasteiger charge is 2.50. The van der Waals surface area contributed by atoms with Crippen molar-refractivity contribution in [3.63, 3.8) is 0 Å². The van der Waals surface area contributed by atoms with Gasteiger partial charge in [-0.25, -0.2) is 0 Å². The summed E-state index contributed by atoms with van der Waals surface area (Å²) in [5, 5.41) is 15.6. The average molecular weight is 534 g/mol. The van der Waals surface area contributed by atoms with Gasteiger partial charge in [0.25, 0.3) is 0 Å². The van der Waals surface area contributed by atoms with E-state index in [2.05, 4.69) is 111 Å². The summed E-state index contributed by atoms with van der Waals surface area (Å²) in [6.45, 7) is 22.6. The lowest BCUT2D eigenvalue weighted by molar-refractivity contribution is 0.373. The molecule has 6 heteroatoms. The van der Waals surface area contributed by atoms with E-state index in [1.165, 1.54) is 53.2 Å². The van der Waals surface area contributed by atoms with Crippen LogP contribution in [0.15, 0.2) is 61.2 Å². The molecule has 0 amide bonds. The van der Waals surface area contributed by atoms with Gasteiger partial charge >= 0.3 is 0 Å². The molecule has 2 fully saturated rings. The van der Waals surface area contributed by atoms with Gasteiger partial charge in [-0.15, -0.1) is 0 Å². The molecule has 2 N–H and O–H groups in total. The third-order valence-corrected chi connectivity index (χ3v) is 9.18. The number of allylic oxidation sites excluding steroid dienone is 2. The number of nitrogens with one attached hydrogen (secondary N) is 2. The summed E-state index contributed by atoms with van der Waals surface area (Å²) in [7, 11) is 0. The topological polar surface area (TPSA) is 54.1 Å². The SMILES string of the molecule is C=CN1CCCC1C.C=CNCc1ccc(C2=C(C)N2SC)cc1C.CC1NC(C2(C#N)CC2)=CC1(C)C. The first kappa shape index (κ1) is 29.8. The van der Waals surface area contributed by atoms with Gasteiger partial charge in [0.15, 0.2) is 0 Å². The van der Waals surface area contributed by atoms with E-state index < -0.39 is 0 Å². The van der Waals surface area contributed by atoms with E-state index in [1.807, 2.05) is 6.20 Å². The molecule has 3 heterocycles. The van der Waals surface area contributed by atoms with E-state index in [0.717, 1.165) is 25.4 Å². The van der Waals surface area contributed by atoms with Crippen molar-refractivity contribution in [1.29, 1.82) is 5.26 Å². The Kier molecular flexibility index (Phi) is 9.70. The third-order valence-electron chi connectivity index (χ3n) is 8.36. The first-order valence-electron chi connectivity index (χ1n) is 13.8. The molecular weight excluding hydrogens is 486 g/mol. The largest absolute Gasteiger partial charge is 0.387 e. The van der Waals surface area contributed by atoms with Gasteiger partial charge in [0.1, 0.15) is 0 Å².